The Bertz CT molecular complexity index is 845. The van der Waals surface area contributed by atoms with Crippen LogP contribution in [0.25, 0.3) is 16.2 Å². The van der Waals surface area contributed by atoms with E-state index >= 15 is 0 Å². The van der Waals surface area contributed by atoms with Crippen molar-refractivity contribution in [3.8, 4) is 11.3 Å². The van der Waals surface area contributed by atoms with E-state index in [1.54, 1.807) is 0 Å². The highest BCUT2D eigenvalue weighted by molar-refractivity contribution is 7.19. The topological polar surface area (TPSA) is 54.6 Å². The fraction of sp³-hybridized carbons (Fsp3) is 0.333. The third kappa shape index (κ3) is 2.55. The van der Waals surface area contributed by atoms with Gasteiger partial charge in [-0.15, -0.1) is 0 Å². The maximum Gasteiger partial charge on any atom is 0.347 e. The summed E-state index contributed by atoms with van der Waals surface area (Å²) in [4.78, 5) is 17.6. The van der Waals surface area contributed by atoms with Crippen LogP contribution in [0, 0.1) is 6.92 Å². The van der Waals surface area contributed by atoms with Crippen LogP contribution in [-0.2, 0) is 0 Å². The minimum absolute atomic E-state index is 0.228. The molecule has 2 aromatic heterocycles. The summed E-state index contributed by atoms with van der Waals surface area (Å²) in [6.07, 6.45) is 1.84. The summed E-state index contributed by atoms with van der Waals surface area (Å²) in [5.41, 5.74) is 3.90. The second-order valence-corrected chi connectivity index (χ2v) is 6.64. The zero-order valence-electron chi connectivity index (χ0n) is 13.5. The van der Waals surface area contributed by atoms with E-state index in [0.717, 1.165) is 40.4 Å². The quantitative estimate of drug-likeness (QED) is 0.719. The van der Waals surface area contributed by atoms with Crippen molar-refractivity contribution < 1.29 is 9.90 Å². The summed E-state index contributed by atoms with van der Waals surface area (Å²) in [6.45, 7) is 6.23. The number of carbonyl (C=O) groups is 1. The molecule has 0 amide bonds. The zero-order valence-corrected chi connectivity index (χ0v) is 14.4. The van der Waals surface area contributed by atoms with Gasteiger partial charge in [-0.1, -0.05) is 55.5 Å². The first-order valence-corrected chi connectivity index (χ1v) is 8.70. The number of imidazole rings is 1. The van der Waals surface area contributed by atoms with E-state index < -0.39 is 5.97 Å². The van der Waals surface area contributed by atoms with Crippen molar-refractivity contribution in [3.05, 3.63) is 46.6 Å². The molecule has 0 saturated heterocycles. The second kappa shape index (κ2) is 6.16. The molecule has 0 bridgehead atoms. The summed E-state index contributed by atoms with van der Waals surface area (Å²) >= 11 is 1.27. The first-order valence-electron chi connectivity index (χ1n) is 7.88. The lowest BCUT2D eigenvalue weighted by Crippen LogP contribution is -2.08. The molecule has 1 N–H and O–H groups in total. The summed E-state index contributed by atoms with van der Waals surface area (Å²) < 4.78 is 2.05. The molecule has 0 saturated carbocycles. The normalized spacial score (nSPS) is 11.5. The molecule has 0 atom stereocenters. The highest BCUT2D eigenvalue weighted by Gasteiger charge is 2.26. The lowest BCUT2D eigenvalue weighted by atomic mass is 9.98. The van der Waals surface area contributed by atoms with Crippen molar-refractivity contribution in [1.29, 1.82) is 0 Å². The van der Waals surface area contributed by atoms with E-state index in [9.17, 15) is 9.90 Å². The summed E-state index contributed by atoms with van der Waals surface area (Å²) in [5.74, 6) is -0.630. The molecule has 0 fully saturated rings. The summed E-state index contributed by atoms with van der Waals surface area (Å²) in [6, 6.07) is 10.0. The molecule has 0 radical (unpaired) electrons. The predicted molar refractivity (Wildman–Crippen MR) is 93.5 cm³/mol. The molecule has 0 aliphatic heterocycles. The van der Waals surface area contributed by atoms with Crippen molar-refractivity contribution in [1.82, 2.24) is 9.38 Å². The fourth-order valence-corrected chi connectivity index (χ4v) is 4.24. The van der Waals surface area contributed by atoms with Crippen LogP contribution < -0.4 is 0 Å². The van der Waals surface area contributed by atoms with Crippen LogP contribution in [0.15, 0.2) is 30.3 Å². The van der Waals surface area contributed by atoms with Gasteiger partial charge >= 0.3 is 5.97 Å². The van der Waals surface area contributed by atoms with E-state index in [4.69, 9.17) is 4.98 Å². The van der Waals surface area contributed by atoms with Crippen molar-refractivity contribution >= 4 is 22.3 Å². The van der Waals surface area contributed by atoms with Gasteiger partial charge in [0.15, 0.2) is 4.96 Å². The first-order chi connectivity index (χ1) is 11.1. The number of hydrogen-bond donors (Lipinski definition) is 1. The van der Waals surface area contributed by atoms with Gasteiger partial charge in [0.2, 0.25) is 0 Å². The van der Waals surface area contributed by atoms with Crippen LogP contribution in [-0.4, -0.2) is 20.5 Å². The Balaban J connectivity index is 2.28. The predicted octanol–water partition coefficient (Wildman–Crippen LogP) is 4.97. The third-order valence-electron chi connectivity index (χ3n) is 4.36. The maximum absolute atomic E-state index is 11.7. The van der Waals surface area contributed by atoms with Crippen LogP contribution in [0.3, 0.4) is 0 Å². The molecule has 3 rings (SSSR count). The molecular formula is C18H20N2O2S. The first kappa shape index (κ1) is 15.7. The van der Waals surface area contributed by atoms with Gasteiger partial charge in [-0.3, -0.25) is 4.40 Å². The van der Waals surface area contributed by atoms with E-state index in [2.05, 4.69) is 13.8 Å². The van der Waals surface area contributed by atoms with Gasteiger partial charge < -0.3 is 5.11 Å². The molecule has 4 nitrogen and oxygen atoms in total. The molecule has 0 aliphatic carbocycles. The number of fused-ring (bicyclic) bond motifs is 1. The number of nitrogens with zero attached hydrogens (tertiary/aromatic N) is 2. The minimum Gasteiger partial charge on any atom is -0.477 e. The van der Waals surface area contributed by atoms with Crippen LogP contribution in [0.1, 0.15) is 53.7 Å². The van der Waals surface area contributed by atoms with Crippen molar-refractivity contribution in [2.24, 2.45) is 0 Å². The SMILES string of the molecule is CCC(CC)c1c(C(=O)O)sc2nc(-c3ccccc3)c(C)n12. The van der Waals surface area contributed by atoms with Gasteiger partial charge in [-0.25, -0.2) is 9.78 Å². The number of benzene rings is 1. The Morgan fingerprint density at radius 3 is 2.48 bits per heavy atom. The Morgan fingerprint density at radius 2 is 1.91 bits per heavy atom. The number of rotatable bonds is 5. The number of aryl methyl sites for hydroxylation is 1. The standard InChI is InChI=1S/C18H20N2O2S/c1-4-12(5-2)15-16(17(21)22)23-18-19-14(11(3)20(15)18)13-9-7-6-8-10-13/h6-10,12H,4-5H2,1-3H3,(H,21,22). The Kier molecular flexibility index (Phi) is 4.22. The summed E-state index contributed by atoms with van der Waals surface area (Å²) in [5, 5.41) is 9.57. The average Bonchev–Trinajstić information content (AvgIpc) is 3.08. The fourth-order valence-electron chi connectivity index (χ4n) is 3.14. The maximum atomic E-state index is 11.7. The zero-order chi connectivity index (χ0) is 16.6. The second-order valence-electron chi connectivity index (χ2n) is 5.66. The lowest BCUT2D eigenvalue weighted by molar-refractivity contribution is 0.0700. The van der Waals surface area contributed by atoms with Crippen molar-refractivity contribution in [2.45, 2.75) is 39.5 Å². The van der Waals surface area contributed by atoms with Gasteiger partial charge in [-0.2, -0.15) is 0 Å². The molecule has 23 heavy (non-hydrogen) atoms. The van der Waals surface area contributed by atoms with Crippen molar-refractivity contribution in [2.75, 3.05) is 0 Å². The number of aromatic carboxylic acids is 1. The molecular weight excluding hydrogens is 308 g/mol. The molecule has 3 aromatic rings. The van der Waals surface area contributed by atoms with Gasteiger partial charge in [-0.05, 0) is 19.8 Å². The molecule has 120 valence electrons. The Morgan fingerprint density at radius 1 is 1.26 bits per heavy atom. The molecule has 0 spiro atoms. The molecule has 5 heteroatoms. The number of carboxylic acids is 1. The molecule has 1 aromatic carbocycles. The van der Waals surface area contributed by atoms with E-state index in [0.29, 0.717) is 4.88 Å². The summed E-state index contributed by atoms with van der Waals surface area (Å²) in [7, 11) is 0. The van der Waals surface area contributed by atoms with Crippen LogP contribution >= 0.6 is 11.3 Å². The number of thiazole rings is 1. The van der Waals surface area contributed by atoms with Gasteiger partial charge in [0.05, 0.1) is 11.4 Å². The van der Waals surface area contributed by atoms with E-state index in [1.807, 2.05) is 41.7 Å². The smallest absolute Gasteiger partial charge is 0.347 e. The lowest BCUT2D eigenvalue weighted by Gasteiger charge is -2.14. The number of hydrogen-bond acceptors (Lipinski definition) is 3. The van der Waals surface area contributed by atoms with E-state index in [1.165, 1.54) is 11.3 Å². The molecule has 0 unspecified atom stereocenters. The number of aromatic nitrogens is 2. The average molecular weight is 328 g/mol. The highest BCUT2D eigenvalue weighted by atomic mass is 32.1. The van der Waals surface area contributed by atoms with Gasteiger partial charge in [0.1, 0.15) is 4.88 Å². The van der Waals surface area contributed by atoms with Gasteiger partial charge in [0.25, 0.3) is 0 Å². The van der Waals surface area contributed by atoms with Crippen LogP contribution in [0.5, 0.6) is 0 Å². The monoisotopic (exact) mass is 328 g/mol. The van der Waals surface area contributed by atoms with Crippen LogP contribution in [0.2, 0.25) is 0 Å². The van der Waals surface area contributed by atoms with Crippen LogP contribution in [0.4, 0.5) is 0 Å². The van der Waals surface area contributed by atoms with Crippen molar-refractivity contribution in [3.63, 3.8) is 0 Å². The Hall–Kier alpha value is -2.14. The van der Waals surface area contributed by atoms with E-state index in [-0.39, 0.29) is 5.92 Å². The minimum atomic E-state index is -0.858. The largest absolute Gasteiger partial charge is 0.477 e. The Labute approximate surface area is 139 Å². The highest BCUT2D eigenvalue weighted by Crippen LogP contribution is 2.36. The molecule has 2 heterocycles. The molecule has 0 aliphatic rings. The van der Waals surface area contributed by atoms with Gasteiger partial charge in [0, 0.05) is 17.2 Å². The third-order valence-corrected chi connectivity index (χ3v) is 5.40. The number of carboxylic acid groups (broad SMARTS) is 1.